The van der Waals surface area contributed by atoms with E-state index >= 15 is 0 Å². The lowest BCUT2D eigenvalue weighted by atomic mass is 9.40. The van der Waals surface area contributed by atoms with Gasteiger partial charge in [-0.3, -0.25) is 4.79 Å². The van der Waals surface area contributed by atoms with Crippen molar-refractivity contribution < 1.29 is 4.79 Å². The van der Waals surface area contributed by atoms with Crippen molar-refractivity contribution in [1.29, 1.82) is 0 Å². The van der Waals surface area contributed by atoms with E-state index in [-0.39, 0.29) is 5.41 Å². The maximum atomic E-state index is 13.3. The molecule has 20 heavy (non-hydrogen) atoms. The molecule has 2 nitrogen and oxygen atoms in total. The van der Waals surface area contributed by atoms with Gasteiger partial charge in [-0.05, 0) is 74.5 Å². The minimum absolute atomic E-state index is 0.0280. The SMILES string of the molecule is C[C@]12CC3CC(C(=O)N4CCCCC4)(C1)C[C@](C)(C3)C2. The summed E-state index contributed by atoms with van der Waals surface area (Å²) in [4.78, 5) is 15.5. The van der Waals surface area contributed by atoms with Gasteiger partial charge in [0.05, 0.1) is 5.41 Å². The molecule has 0 radical (unpaired) electrons. The number of piperidine rings is 1. The first kappa shape index (κ1) is 13.2. The van der Waals surface area contributed by atoms with Gasteiger partial charge in [-0.25, -0.2) is 0 Å². The van der Waals surface area contributed by atoms with Crippen LogP contribution >= 0.6 is 0 Å². The molecule has 2 atom stereocenters. The Labute approximate surface area is 123 Å². The molecule has 4 saturated carbocycles. The van der Waals surface area contributed by atoms with Gasteiger partial charge in [-0.15, -0.1) is 0 Å². The highest BCUT2D eigenvalue weighted by molar-refractivity contribution is 5.83. The fourth-order valence-electron chi connectivity index (χ4n) is 7.12. The van der Waals surface area contributed by atoms with E-state index in [0.29, 0.717) is 16.7 Å². The van der Waals surface area contributed by atoms with Crippen LogP contribution in [0, 0.1) is 22.2 Å². The third-order valence-corrected chi connectivity index (χ3v) is 6.72. The van der Waals surface area contributed by atoms with E-state index in [4.69, 9.17) is 0 Å². The predicted molar refractivity (Wildman–Crippen MR) is 80.3 cm³/mol. The maximum Gasteiger partial charge on any atom is 0.228 e. The van der Waals surface area contributed by atoms with Crippen molar-refractivity contribution in [3.05, 3.63) is 0 Å². The summed E-state index contributed by atoms with van der Waals surface area (Å²) < 4.78 is 0. The van der Waals surface area contributed by atoms with Gasteiger partial charge >= 0.3 is 0 Å². The van der Waals surface area contributed by atoms with Crippen LogP contribution in [0.5, 0.6) is 0 Å². The Kier molecular flexibility index (Phi) is 2.64. The topological polar surface area (TPSA) is 20.3 Å². The molecular formula is C18H29NO. The Balaban J connectivity index is 1.64. The van der Waals surface area contributed by atoms with Crippen LogP contribution in [-0.2, 0) is 4.79 Å². The van der Waals surface area contributed by atoms with Gasteiger partial charge in [0.2, 0.25) is 5.91 Å². The highest BCUT2D eigenvalue weighted by atomic mass is 16.2. The summed E-state index contributed by atoms with van der Waals surface area (Å²) in [5.41, 5.74) is 0.944. The molecular weight excluding hydrogens is 246 g/mol. The van der Waals surface area contributed by atoms with Crippen LogP contribution in [0.15, 0.2) is 0 Å². The predicted octanol–water partition coefficient (Wildman–Crippen LogP) is 4.00. The van der Waals surface area contributed by atoms with Crippen LogP contribution in [0.25, 0.3) is 0 Å². The Bertz CT molecular complexity index is 419. The summed E-state index contributed by atoms with van der Waals surface area (Å²) in [6.45, 7) is 6.99. The summed E-state index contributed by atoms with van der Waals surface area (Å²) in [5.74, 6) is 1.37. The van der Waals surface area contributed by atoms with E-state index in [2.05, 4.69) is 18.7 Å². The van der Waals surface area contributed by atoms with Gasteiger partial charge in [-0.1, -0.05) is 13.8 Å². The molecule has 4 aliphatic carbocycles. The first-order chi connectivity index (χ1) is 9.42. The fourth-order valence-corrected chi connectivity index (χ4v) is 7.12. The van der Waals surface area contributed by atoms with Gasteiger partial charge in [0.15, 0.2) is 0 Å². The third kappa shape index (κ3) is 1.86. The molecule has 0 aromatic rings. The lowest BCUT2D eigenvalue weighted by Gasteiger charge is -2.65. The average molecular weight is 275 g/mol. The van der Waals surface area contributed by atoms with Crippen molar-refractivity contribution in [3.8, 4) is 0 Å². The van der Waals surface area contributed by atoms with Crippen LogP contribution in [0.4, 0.5) is 0 Å². The molecule has 0 spiro atoms. The molecule has 112 valence electrons. The fraction of sp³-hybridized carbons (Fsp3) is 0.944. The maximum absolute atomic E-state index is 13.3. The van der Waals surface area contributed by atoms with Crippen LogP contribution in [-0.4, -0.2) is 23.9 Å². The van der Waals surface area contributed by atoms with E-state index < -0.39 is 0 Å². The Morgan fingerprint density at radius 1 is 0.900 bits per heavy atom. The number of hydrogen-bond acceptors (Lipinski definition) is 1. The van der Waals surface area contributed by atoms with E-state index in [0.717, 1.165) is 19.0 Å². The minimum atomic E-state index is 0.0280. The second-order valence-electron chi connectivity index (χ2n) is 9.26. The molecule has 1 saturated heterocycles. The van der Waals surface area contributed by atoms with Gasteiger partial charge < -0.3 is 4.90 Å². The summed E-state index contributed by atoms with van der Waals surface area (Å²) in [6.07, 6.45) is 11.5. The molecule has 1 amide bonds. The number of hydrogen-bond donors (Lipinski definition) is 0. The molecule has 0 aromatic carbocycles. The van der Waals surface area contributed by atoms with E-state index in [1.165, 1.54) is 57.8 Å². The van der Waals surface area contributed by atoms with Crippen molar-refractivity contribution in [2.75, 3.05) is 13.1 Å². The van der Waals surface area contributed by atoms with E-state index in [1.807, 2.05) is 0 Å². The zero-order valence-corrected chi connectivity index (χ0v) is 13.2. The van der Waals surface area contributed by atoms with Crippen molar-refractivity contribution in [1.82, 2.24) is 4.90 Å². The largest absolute Gasteiger partial charge is 0.342 e. The molecule has 2 heteroatoms. The molecule has 4 bridgehead atoms. The van der Waals surface area contributed by atoms with Crippen LogP contribution < -0.4 is 0 Å². The Morgan fingerprint density at radius 3 is 2.05 bits per heavy atom. The summed E-state index contributed by atoms with van der Waals surface area (Å²) >= 11 is 0. The zero-order valence-electron chi connectivity index (χ0n) is 13.2. The lowest BCUT2D eigenvalue weighted by molar-refractivity contribution is -0.180. The normalized spacial score (nSPS) is 50.5. The zero-order chi connectivity index (χ0) is 14.0. The van der Waals surface area contributed by atoms with Crippen molar-refractivity contribution in [2.24, 2.45) is 22.2 Å². The van der Waals surface area contributed by atoms with Crippen LogP contribution in [0.1, 0.15) is 71.6 Å². The Hall–Kier alpha value is -0.530. The number of carbonyl (C=O) groups is 1. The highest BCUT2D eigenvalue weighted by Crippen LogP contribution is 2.69. The summed E-state index contributed by atoms with van der Waals surface area (Å²) in [7, 11) is 0. The molecule has 5 rings (SSSR count). The molecule has 5 fully saturated rings. The quantitative estimate of drug-likeness (QED) is 0.708. The molecule has 5 aliphatic rings. The second kappa shape index (κ2) is 4.01. The highest BCUT2D eigenvalue weighted by Gasteiger charge is 2.63. The second-order valence-corrected chi connectivity index (χ2v) is 9.26. The average Bonchev–Trinajstić information content (AvgIpc) is 2.34. The van der Waals surface area contributed by atoms with Crippen molar-refractivity contribution in [2.45, 2.75) is 71.6 Å². The number of carbonyl (C=O) groups excluding carboxylic acids is 1. The number of amides is 1. The summed E-state index contributed by atoms with van der Waals surface area (Å²) in [5, 5.41) is 0. The molecule has 1 heterocycles. The molecule has 0 aromatic heterocycles. The minimum Gasteiger partial charge on any atom is -0.342 e. The monoisotopic (exact) mass is 275 g/mol. The smallest absolute Gasteiger partial charge is 0.228 e. The molecule has 1 aliphatic heterocycles. The van der Waals surface area contributed by atoms with Gasteiger partial charge in [0.1, 0.15) is 0 Å². The first-order valence-corrected chi connectivity index (χ1v) is 8.72. The number of rotatable bonds is 1. The van der Waals surface area contributed by atoms with E-state index in [9.17, 15) is 4.79 Å². The first-order valence-electron chi connectivity index (χ1n) is 8.72. The molecule has 0 unspecified atom stereocenters. The lowest BCUT2D eigenvalue weighted by Crippen LogP contribution is -2.60. The standard InChI is InChI=1S/C18H29NO/c1-16-8-14-9-17(2,11-16)13-18(10-14,12-16)15(20)19-6-4-3-5-7-19/h14H,3-13H2,1-2H3/t14?,16-,17-,18?/m1/s1. The van der Waals surface area contributed by atoms with E-state index in [1.54, 1.807) is 0 Å². The van der Waals surface area contributed by atoms with Crippen LogP contribution in [0.2, 0.25) is 0 Å². The van der Waals surface area contributed by atoms with Crippen molar-refractivity contribution in [3.63, 3.8) is 0 Å². The van der Waals surface area contributed by atoms with Gasteiger partial charge in [0, 0.05) is 13.1 Å². The Morgan fingerprint density at radius 2 is 1.50 bits per heavy atom. The van der Waals surface area contributed by atoms with Crippen molar-refractivity contribution >= 4 is 5.91 Å². The van der Waals surface area contributed by atoms with Gasteiger partial charge in [-0.2, -0.15) is 0 Å². The number of likely N-dealkylation sites (tertiary alicyclic amines) is 1. The van der Waals surface area contributed by atoms with Gasteiger partial charge in [0.25, 0.3) is 0 Å². The summed E-state index contributed by atoms with van der Waals surface area (Å²) in [6, 6.07) is 0. The van der Waals surface area contributed by atoms with Crippen LogP contribution in [0.3, 0.4) is 0 Å². The number of nitrogens with zero attached hydrogens (tertiary/aromatic N) is 1. The molecule has 0 N–H and O–H groups in total. The third-order valence-electron chi connectivity index (χ3n) is 6.72.